The van der Waals surface area contributed by atoms with E-state index in [1.54, 1.807) is 25.7 Å². The highest BCUT2D eigenvalue weighted by Crippen LogP contribution is 2.23. The van der Waals surface area contributed by atoms with E-state index in [0.29, 0.717) is 19.0 Å². The molecule has 1 aliphatic heterocycles. The van der Waals surface area contributed by atoms with E-state index in [4.69, 9.17) is 4.42 Å². The van der Waals surface area contributed by atoms with Gasteiger partial charge in [0.1, 0.15) is 0 Å². The molecule has 1 aromatic rings. The van der Waals surface area contributed by atoms with Gasteiger partial charge in [-0.15, -0.1) is 12.4 Å². The quantitative estimate of drug-likeness (QED) is 0.754. The molecule has 0 atom stereocenters. The van der Waals surface area contributed by atoms with E-state index in [9.17, 15) is 13.2 Å². The predicted octanol–water partition coefficient (Wildman–Crippen LogP) is 2.24. The van der Waals surface area contributed by atoms with E-state index in [1.807, 2.05) is 7.05 Å². The van der Waals surface area contributed by atoms with Crippen LogP contribution in [0, 0.1) is 5.92 Å². The summed E-state index contributed by atoms with van der Waals surface area (Å²) in [6.45, 7) is 7.58. The van der Waals surface area contributed by atoms with Gasteiger partial charge in [0.2, 0.25) is 5.09 Å². The summed E-state index contributed by atoms with van der Waals surface area (Å²) >= 11 is 0. The molecule has 1 fully saturated rings. The number of amides is 1. The summed E-state index contributed by atoms with van der Waals surface area (Å²) in [5, 5.41) is 2.92. The van der Waals surface area contributed by atoms with Crippen molar-refractivity contribution in [1.82, 2.24) is 14.9 Å². The highest BCUT2D eigenvalue weighted by atomic mass is 35.5. The lowest BCUT2D eigenvalue weighted by Gasteiger charge is -2.31. The first-order valence-electron chi connectivity index (χ1n) is 8.70. The molecule has 2 rings (SSSR count). The molecule has 0 spiro atoms. The summed E-state index contributed by atoms with van der Waals surface area (Å²) in [6, 6.07) is 2.77. The average molecular weight is 408 g/mol. The number of hydrogen-bond donors (Lipinski definition) is 2. The number of rotatable bonds is 6. The van der Waals surface area contributed by atoms with Crippen LogP contribution >= 0.6 is 12.4 Å². The highest BCUT2D eigenvalue weighted by molar-refractivity contribution is 7.89. The van der Waals surface area contributed by atoms with Crippen LogP contribution in [0.25, 0.3) is 0 Å². The number of furan rings is 1. The van der Waals surface area contributed by atoms with Crippen molar-refractivity contribution in [3.63, 3.8) is 0 Å². The Labute approximate surface area is 162 Å². The maximum absolute atomic E-state index is 12.6. The van der Waals surface area contributed by atoms with E-state index < -0.39 is 15.6 Å². The maximum Gasteiger partial charge on any atom is 0.289 e. The number of carbonyl (C=O) groups excluding carboxylic acids is 1. The molecule has 1 saturated heterocycles. The SMILES string of the molecule is CNCCC1CCN(C(=O)c2ccc(S(=O)(=O)NC(C)(C)C)o2)CC1.Cl. The zero-order valence-corrected chi connectivity index (χ0v) is 17.5. The summed E-state index contributed by atoms with van der Waals surface area (Å²) in [5.74, 6) is 0.451. The number of nitrogens with one attached hydrogen (secondary N) is 2. The van der Waals surface area contributed by atoms with Crippen LogP contribution in [-0.4, -0.2) is 51.4 Å². The molecule has 0 aliphatic carbocycles. The molecule has 0 saturated carbocycles. The molecule has 2 N–H and O–H groups in total. The zero-order valence-electron chi connectivity index (χ0n) is 15.9. The third kappa shape index (κ3) is 6.26. The smallest absolute Gasteiger partial charge is 0.289 e. The minimum Gasteiger partial charge on any atom is -0.438 e. The third-order valence-electron chi connectivity index (χ3n) is 4.20. The molecule has 26 heavy (non-hydrogen) atoms. The molecule has 1 aliphatic rings. The lowest BCUT2D eigenvalue weighted by Crippen LogP contribution is -2.40. The fourth-order valence-electron chi connectivity index (χ4n) is 2.96. The first kappa shape index (κ1) is 23.0. The minimum absolute atomic E-state index is 0. The van der Waals surface area contributed by atoms with E-state index >= 15 is 0 Å². The molecule has 7 nitrogen and oxygen atoms in total. The number of sulfonamides is 1. The standard InChI is InChI=1S/C17H29N3O4S.ClH/c1-17(2,3)19-25(22,23)15-6-5-14(24-15)16(21)20-11-8-13(9-12-20)7-10-18-4;/h5-6,13,18-19H,7-12H2,1-4H3;1H. The van der Waals surface area contributed by atoms with E-state index in [1.165, 1.54) is 12.1 Å². The Kier molecular flexibility index (Phi) is 8.13. The van der Waals surface area contributed by atoms with E-state index in [-0.39, 0.29) is 29.2 Å². The van der Waals surface area contributed by atoms with Crippen LogP contribution in [0.1, 0.15) is 50.6 Å². The molecule has 1 aromatic heterocycles. The van der Waals surface area contributed by atoms with Crippen molar-refractivity contribution >= 4 is 28.3 Å². The Hall–Kier alpha value is -1.09. The van der Waals surface area contributed by atoms with Gasteiger partial charge in [-0.3, -0.25) is 4.79 Å². The Morgan fingerprint density at radius 3 is 2.42 bits per heavy atom. The van der Waals surface area contributed by atoms with E-state index in [0.717, 1.165) is 25.8 Å². The number of nitrogens with zero attached hydrogens (tertiary/aromatic N) is 1. The van der Waals surface area contributed by atoms with Crippen LogP contribution in [0.5, 0.6) is 0 Å². The summed E-state index contributed by atoms with van der Waals surface area (Å²) in [6.07, 6.45) is 3.04. The molecule has 0 aromatic carbocycles. The van der Waals surface area contributed by atoms with Crippen molar-refractivity contribution in [2.24, 2.45) is 5.92 Å². The average Bonchev–Trinajstić information content (AvgIpc) is 3.01. The highest BCUT2D eigenvalue weighted by Gasteiger charge is 2.29. The van der Waals surface area contributed by atoms with Crippen molar-refractivity contribution in [3.8, 4) is 0 Å². The fourth-order valence-corrected chi connectivity index (χ4v) is 4.32. The molecule has 0 bridgehead atoms. The molecular formula is C17H30ClN3O4S. The Bertz CT molecular complexity index is 689. The summed E-state index contributed by atoms with van der Waals surface area (Å²) in [7, 11) is -1.83. The van der Waals surface area contributed by atoms with E-state index in [2.05, 4.69) is 10.0 Å². The lowest BCUT2D eigenvalue weighted by atomic mass is 9.93. The van der Waals surface area contributed by atoms with Gasteiger partial charge in [-0.1, -0.05) is 0 Å². The molecular weight excluding hydrogens is 378 g/mol. The first-order valence-corrected chi connectivity index (χ1v) is 10.2. The van der Waals surface area contributed by atoms with Crippen molar-refractivity contribution in [2.45, 2.75) is 50.7 Å². The van der Waals surface area contributed by atoms with Crippen molar-refractivity contribution < 1.29 is 17.6 Å². The van der Waals surface area contributed by atoms with Gasteiger partial charge in [0.25, 0.3) is 15.9 Å². The van der Waals surface area contributed by atoms with Crippen LogP contribution < -0.4 is 10.0 Å². The monoisotopic (exact) mass is 407 g/mol. The fraction of sp³-hybridized carbons (Fsp3) is 0.706. The number of likely N-dealkylation sites (tertiary alicyclic amines) is 1. The largest absolute Gasteiger partial charge is 0.438 e. The van der Waals surface area contributed by atoms with Crippen LogP contribution in [0.3, 0.4) is 0 Å². The molecule has 1 amide bonds. The second kappa shape index (κ2) is 9.21. The Morgan fingerprint density at radius 2 is 1.88 bits per heavy atom. The molecule has 9 heteroatoms. The minimum atomic E-state index is -3.77. The number of piperidine rings is 1. The van der Waals surface area contributed by atoms with Gasteiger partial charge < -0.3 is 14.6 Å². The van der Waals surface area contributed by atoms with Gasteiger partial charge in [-0.05, 0) is 71.7 Å². The van der Waals surface area contributed by atoms with Gasteiger partial charge in [0.15, 0.2) is 5.76 Å². The molecule has 0 unspecified atom stereocenters. The first-order chi connectivity index (χ1) is 11.6. The van der Waals surface area contributed by atoms with Crippen LogP contribution in [0.2, 0.25) is 0 Å². The molecule has 0 radical (unpaired) electrons. The summed E-state index contributed by atoms with van der Waals surface area (Å²) < 4.78 is 32.4. The van der Waals surface area contributed by atoms with Gasteiger partial charge >= 0.3 is 0 Å². The second-order valence-electron chi connectivity index (χ2n) is 7.60. The van der Waals surface area contributed by atoms with Crippen molar-refractivity contribution in [3.05, 3.63) is 17.9 Å². The van der Waals surface area contributed by atoms with Crippen LogP contribution in [0.4, 0.5) is 0 Å². The van der Waals surface area contributed by atoms with Gasteiger partial charge in [0, 0.05) is 18.6 Å². The Balaban J connectivity index is 0.00000338. The van der Waals surface area contributed by atoms with Gasteiger partial charge in [-0.25, -0.2) is 13.1 Å². The number of halogens is 1. The van der Waals surface area contributed by atoms with Gasteiger partial charge in [-0.2, -0.15) is 0 Å². The molecule has 2 heterocycles. The second-order valence-corrected chi connectivity index (χ2v) is 9.22. The predicted molar refractivity (Wildman–Crippen MR) is 103 cm³/mol. The van der Waals surface area contributed by atoms with Crippen molar-refractivity contribution in [1.29, 1.82) is 0 Å². The Morgan fingerprint density at radius 1 is 1.27 bits per heavy atom. The topological polar surface area (TPSA) is 91.7 Å². The maximum atomic E-state index is 12.6. The summed E-state index contributed by atoms with van der Waals surface area (Å²) in [5.41, 5.74) is -0.620. The summed E-state index contributed by atoms with van der Waals surface area (Å²) in [4.78, 5) is 14.3. The van der Waals surface area contributed by atoms with Gasteiger partial charge in [0.05, 0.1) is 0 Å². The van der Waals surface area contributed by atoms with Crippen molar-refractivity contribution in [2.75, 3.05) is 26.7 Å². The number of hydrogen-bond acceptors (Lipinski definition) is 5. The number of carbonyl (C=O) groups is 1. The lowest BCUT2D eigenvalue weighted by molar-refractivity contribution is 0.0649. The van der Waals surface area contributed by atoms with Crippen LogP contribution in [-0.2, 0) is 10.0 Å². The normalized spacial score (nSPS) is 16.4. The molecule has 150 valence electrons. The third-order valence-corrected chi connectivity index (χ3v) is 5.83. The van der Waals surface area contributed by atoms with Crippen LogP contribution in [0.15, 0.2) is 21.6 Å². The zero-order chi connectivity index (χ0) is 18.7.